The van der Waals surface area contributed by atoms with E-state index in [1.807, 2.05) is 30.4 Å². The van der Waals surface area contributed by atoms with Crippen molar-refractivity contribution in [2.24, 2.45) is 0 Å². The summed E-state index contributed by atoms with van der Waals surface area (Å²) in [6.07, 6.45) is 1.40. The van der Waals surface area contributed by atoms with Crippen molar-refractivity contribution in [3.8, 4) is 5.75 Å². The van der Waals surface area contributed by atoms with Gasteiger partial charge in [-0.25, -0.2) is 9.59 Å². The molecule has 3 amide bonds. The molecule has 1 aromatic rings. The largest absolute Gasteiger partial charge is 0.492 e. The van der Waals surface area contributed by atoms with Crippen molar-refractivity contribution in [2.75, 3.05) is 13.2 Å². The third-order valence-corrected chi connectivity index (χ3v) is 2.26. The standard InChI is InChI=1S/C14H16N2O5/c1-10-3-2-4-11(9-10)21-8-7-15-14(20)16-12(17)5-6-13(18)19/h2-6,9H,7-8H2,1H3,(H,18,19)(H2,15,16,17,20). The summed E-state index contributed by atoms with van der Waals surface area (Å²) in [5.41, 5.74) is 1.06. The second-order valence-corrected chi connectivity index (χ2v) is 4.08. The van der Waals surface area contributed by atoms with E-state index in [0.29, 0.717) is 11.8 Å². The minimum atomic E-state index is -1.27. The lowest BCUT2D eigenvalue weighted by atomic mass is 10.2. The van der Waals surface area contributed by atoms with Crippen LogP contribution in [0.3, 0.4) is 0 Å². The third kappa shape index (κ3) is 7.36. The van der Waals surface area contributed by atoms with Crippen LogP contribution < -0.4 is 15.4 Å². The second kappa shape index (κ2) is 8.36. The number of aryl methyl sites for hydroxylation is 1. The molecule has 7 heteroatoms. The molecule has 0 radical (unpaired) electrons. The van der Waals surface area contributed by atoms with E-state index < -0.39 is 17.9 Å². The summed E-state index contributed by atoms with van der Waals surface area (Å²) in [4.78, 5) is 32.6. The molecule has 7 nitrogen and oxygen atoms in total. The highest BCUT2D eigenvalue weighted by atomic mass is 16.5. The number of carboxylic acid groups (broad SMARTS) is 1. The summed E-state index contributed by atoms with van der Waals surface area (Å²) < 4.78 is 5.40. The first kappa shape index (κ1) is 16.2. The monoisotopic (exact) mass is 292 g/mol. The number of urea groups is 1. The number of ether oxygens (including phenoxy) is 1. The Balaban J connectivity index is 2.22. The van der Waals surface area contributed by atoms with Crippen LogP contribution in [-0.2, 0) is 9.59 Å². The number of hydrogen-bond acceptors (Lipinski definition) is 4. The SMILES string of the molecule is Cc1cccc(OCCNC(=O)NC(=O)C=CC(=O)O)c1. The summed E-state index contributed by atoms with van der Waals surface area (Å²) in [7, 11) is 0. The Bertz CT molecular complexity index is 554. The molecular weight excluding hydrogens is 276 g/mol. The number of nitrogens with one attached hydrogen (secondary N) is 2. The van der Waals surface area contributed by atoms with Crippen LogP contribution in [0.2, 0.25) is 0 Å². The van der Waals surface area contributed by atoms with Crippen molar-refractivity contribution in [1.29, 1.82) is 0 Å². The highest BCUT2D eigenvalue weighted by molar-refractivity contribution is 6.02. The number of benzene rings is 1. The molecule has 0 unspecified atom stereocenters. The zero-order chi connectivity index (χ0) is 15.7. The van der Waals surface area contributed by atoms with Gasteiger partial charge in [0, 0.05) is 12.2 Å². The van der Waals surface area contributed by atoms with Gasteiger partial charge in [0.2, 0.25) is 0 Å². The fourth-order valence-corrected chi connectivity index (χ4v) is 1.38. The average molecular weight is 292 g/mol. The molecule has 3 N–H and O–H groups in total. The van der Waals surface area contributed by atoms with Gasteiger partial charge < -0.3 is 15.2 Å². The fraction of sp³-hybridized carbons (Fsp3) is 0.214. The van der Waals surface area contributed by atoms with Crippen LogP contribution in [0.1, 0.15) is 5.56 Å². The minimum Gasteiger partial charge on any atom is -0.492 e. The molecule has 0 aliphatic rings. The Morgan fingerprint density at radius 1 is 1.29 bits per heavy atom. The van der Waals surface area contributed by atoms with Crippen LogP contribution in [0.5, 0.6) is 5.75 Å². The molecule has 0 aromatic heterocycles. The van der Waals surface area contributed by atoms with Crippen LogP contribution in [0.4, 0.5) is 4.79 Å². The minimum absolute atomic E-state index is 0.204. The summed E-state index contributed by atoms with van der Waals surface area (Å²) in [6.45, 7) is 2.39. The predicted octanol–water partition coefficient (Wildman–Crippen LogP) is 0.840. The second-order valence-electron chi connectivity index (χ2n) is 4.08. The molecule has 1 rings (SSSR count). The van der Waals surface area contributed by atoms with Gasteiger partial charge in [0.1, 0.15) is 12.4 Å². The Hall–Kier alpha value is -2.83. The Labute approximate surface area is 121 Å². The van der Waals surface area contributed by atoms with Crippen molar-refractivity contribution < 1.29 is 24.2 Å². The van der Waals surface area contributed by atoms with E-state index in [9.17, 15) is 14.4 Å². The first-order chi connectivity index (χ1) is 9.97. The highest BCUT2D eigenvalue weighted by Gasteiger charge is 2.04. The smallest absolute Gasteiger partial charge is 0.328 e. The number of aliphatic carboxylic acids is 1. The van der Waals surface area contributed by atoms with Crippen molar-refractivity contribution in [2.45, 2.75) is 6.92 Å². The van der Waals surface area contributed by atoms with E-state index in [-0.39, 0.29) is 13.2 Å². The van der Waals surface area contributed by atoms with E-state index in [4.69, 9.17) is 9.84 Å². The molecule has 0 heterocycles. The van der Waals surface area contributed by atoms with E-state index in [0.717, 1.165) is 11.6 Å². The van der Waals surface area contributed by atoms with Crippen LogP contribution >= 0.6 is 0 Å². The first-order valence-electron chi connectivity index (χ1n) is 6.16. The number of imide groups is 1. The zero-order valence-electron chi connectivity index (χ0n) is 11.5. The topological polar surface area (TPSA) is 105 Å². The van der Waals surface area contributed by atoms with Gasteiger partial charge in [-0.2, -0.15) is 0 Å². The van der Waals surface area contributed by atoms with Gasteiger partial charge in [-0.1, -0.05) is 12.1 Å². The molecule has 0 aliphatic carbocycles. The number of carboxylic acids is 1. The molecule has 0 aliphatic heterocycles. The number of amides is 3. The quantitative estimate of drug-likeness (QED) is 0.532. The van der Waals surface area contributed by atoms with Gasteiger partial charge in [0.25, 0.3) is 5.91 Å². The van der Waals surface area contributed by atoms with Crippen molar-refractivity contribution in [1.82, 2.24) is 10.6 Å². The maximum absolute atomic E-state index is 11.3. The molecule has 0 atom stereocenters. The van der Waals surface area contributed by atoms with Crippen molar-refractivity contribution in [3.05, 3.63) is 42.0 Å². The lowest BCUT2D eigenvalue weighted by molar-refractivity contribution is -0.131. The molecule has 1 aromatic carbocycles. The molecule has 0 bridgehead atoms. The van der Waals surface area contributed by atoms with Crippen LogP contribution in [-0.4, -0.2) is 36.2 Å². The van der Waals surface area contributed by atoms with E-state index in [1.54, 1.807) is 6.07 Å². The molecular formula is C14H16N2O5. The maximum atomic E-state index is 11.3. The van der Waals surface area contributed by atoms with Gasteiger partial charge in [0.05, 0.1) is 6.54 Å². The fourth-order valence-electron chi connectivity index (χ4n) is 1.38. The van der Waals surface area contributed by atoms with E-state index in [2.05, 4.69) is 5.32 Å². The van der Waals surface area contributed by atoms with Crippen LogP contribution in [0.25, 0.3) is 0 Å². The summed E-state index contributed by atoms with van der Waals surface area (Å²) in [5, 5.41) is 12.7. The number of rotatable bonds is 6. The van der Waals surface area contributed by atoms with Crippen LogP contribution in [0, 0.1) is 6.92 Å². The molecule has 112 valence electrons. The highest BCUT2D eigenvalue weighted by Crippen LogP contribution is 2.11. The van der Waals surface area contributed by atoms with Gasteiger partial charge in [-0.05, 0) is 24.6 Å². The van der Waals surface area contributed by atoms with Gasteiger partial charge in [0.15, 0.2) is 0 Å². The van der Waals surface area contributed by atoms with E-state index in [1.165, 1.54) is 0 Å². The Morgan fingerprint density at radius 3 is 2.71 bits per heavy atom. The van der Waals surface area contributed by atoms with Gasteiger partial charge in [-0.3, -0.25) is 10.1 Å². The number of carbonyl (C=O) groups is 3. The Kier molecular flexibility index (Phi) is 6.46. The normalized spacial score (nSPS) is 10.1. The Morgan fingerprint density at radius 2 is 2.05 bits per heavy atom. The maximum Gasteiger partial charge on any atom is 0.328 e. The summed E-state index contributed by atoms with van der Waals surface area (Å²) in [5.74, 6) is -1.38. The molecule has 21 heavy (non-hydrogen) atoms. The first-order valence-corrected chi connectivity index (χ1v) is 6.16. The molecule has 0 fully saturated rings. The number of hydrogen-bond donors (Lipinski definition) is 3. The lowest BCUT2D eigenvalue weighted by Gasteiger charge is -2.08. The summed E-state index contributed by atoms with van der Waals surface area (Å²) in [6, 6.07) is 6.74. The van der Waals surface area contributed by atoms with Crippen molar-refractivity contribution >= 4 is 17.9 Å². The molecule has 0 saturated carbocycles. The average Bonchev–Trinajstić information content (AvgIpc) is 2.41. The number of carbonyl (C=O) groups excluding carboxylic acids is 2. The predicted molar refractivity (Wildman–Crippen MR) is 75.0 cm³/mol. The molecule has 0 saturated heterocycles. The van der Waals surface area contributed by atoms with Gasteiger partial charge >= 0.3 is 12.0 Å². The molecule has 0 spiro atoms. The van der Waals surface area contributed by atoms with Gasteiger partial charge in [-0.15, -0.1) is 0 Å². The zero-order valence-corrected chi connectivity index (χ0v) is 11.5. The van der Waals surface area contributed by atoms with Crippen molar-refractivity contribution in [3.63, 3.8) is 0 Å². The van der Waals surface area contributed by atoms with Crippen LogP contribution in [0.15, 0.2) is 36.4 Å². The lowest BCUT2D eigenvalue weighted by Crippen LogP contribution is -2.40. The third-order valence-electron chi connectivity index (χ3n) is 2.26. The van der Waals surface area contributed by atoms with E-state index >= 15 is 0 Å². The summed E-state index contributed by atoms with van der Waals surface area (Å²) >= 11 is 0.